The number of primary amides is 1. The van der Waals surface area contributed by atoms with Crippen LogP contribution in [0.25, 0.3) is 0 Å². The maximum absolute atomic E-state index is 10.6. The van der Waals surface area contributed by atoms with E-state index < -0.39 is 0 Å². The Morgan fingerprint density at radius 1 is 0.818 bits per heavy atom. The molecule has 132 valence electrons. The summed E-state index contributed by atoms with van der Waals surface area (Å²) < 4.78 is 0. The molecule has 1 amide bonds. The summed E-state index contributed by atoms with van der Waals surface area (Å²) in [6.07, 6.45) is 17.9. The number of amides is 1. The molecule has 0 bridgehead atoms. The van der Waals surface area contributed by atoms with Crippen LogP contribution in [0, 0.1) is 5.92 Å². The van der Waals surface area contributed by atoms with Crippen LogP contribution in [-0.2, 0) is 4.79 Å². The summed E-state index contributed by atoms with van der Waals surface area (Å²) in [5.74, 6) is 0.360. The predicted molar refractivity (Wildman–Crippen MR) is 94.7 cm³/mol. The largest absolute Gasteiger partial charge is 0.396 e. The summed E-state index contributed by atoms with van der Waals surface area (Å²) in [6.45, 7) is 2.60. The molecule has 3 N–H and O–H groups in total. The topological polar surface area (TPSA) is 63.3 Å². The molecule has 0 rings (SSSR count). The van der Waals surface area contributed by atoms with Crippen molar-refractivity contribution in [3.8, 4) is 0 Å². The lowest BCUT2D eigenvalue weighted by atomic mass is 9.95. The molecular formula is C19H39NO2. The zero-order valence-electron chi connectivity index (χ0n) is 14.8. The first-order chi connectivity index (χ1) is 10.7. The lowest BCUT2D eigenvalue weighted by Gasteiger charge is -2.13. The Morgan fingerprint density at radius 3 is 1.73 bits per heavy atom. The predicted octanol–water partition coefficient (Wildman–Crippen LogP) is 4.95. The number of unbranched alkanes of at least 4 members (excludes halogenated alkanes) is 10. The monoisotopic (exact) mass is 313 g/mol. The normalized spacial score (nSPS) is 12.5. The van der Waals surface area contributed by atoms with Crippen molar-refractivity contribution in [2.75, 3.05) is 6.61 Å². The molecule has 0 heterocycles. The van der Waals surface area contributed by atoms with E-state index in [1.165, 1.54) is 77.0 Å². The van der Waals surface area contributed by atoms with Crippen LogP contribution in [0.4, 0.5) is 0 Å². The summed E-state index contributed by atoms with van der Waals surface area (Å²) in [5, 5.41) is 9.41. The second-order valence-electron chi connectivity index (χ2n) is 6.73. The summed E-state index contributed by atoms with van der Waals surface area (Å²) in [4.78, 5) is 10.6. The molecule has 0 saturated heterocycles. The minimum absolute atomic E-state index is 0.173. The minimum Gasteiger partial charge on any atom is -0.396 e. The van der Waals surface area contributed by atoms with Crippen molar-refractivity contribution in [1.82, 2.24) is 0 Å². The Labute approximate surface area is 138 Å². The van der Waals surface area contributed by atoms with Gasteiger partial charge in [-0.3, -0.25) is 4.79 Å². The molecule has 3 nitrogen and oxygen atoms in total. The van der Waals surface area contributed by atoms with Gasteiger partial charge in [-0.2, -0.15) is 0 Å². The van der Waals surface area contributed by atoms with Crippen LogP contribution in [-0.4, -0.2) is 17.6 Å². The Balaban J connectivity index is 3.27. The molecule has 0 aromatic rings. The Kier molecular flexibility index (Phi) is 16.4. The number of hydrogen-bond donors (Lipinski definition) is 2. The van der Waals surface area contributed by atoms with E-state index in [0.29, 0.717) is 18.9 Å². The SMILES string of the molecule is CCCCCCC(CO)CCCCCCCCCCC(N)=O. The van der Waals surface area contributed by atoms with Gasteiger partial charge in [0, 0.05) is 13.0 Å². The number of carbonyl (C=O) groups excluding carboxylic acids is 1. The fourth-order valence-electron chi connectivity index (χ4n) is 2.98. The molecule has 1 unspecified atom stereocenters. The smallest absolute Gasteiger partial charge is 0.217 e. The van der Waals surface area contributed by atoms with Gasteiger partial charge in [-0.05, 0) is 25.2 Å². The van der Waals surface area contributed by atoms with Crippen LogP contribution in [0.3, 0.4) is 0 Å². The standard InChI is InChI=1S/C19H39NO2/c1-2-3-4-11-14-18(17-21)15-12-9-7-5-6-8-10-13-16-19(20)22/h18,21H,2-17H2,1H3,(H2,20,22). The molecule has 0 saturated carbocycles. The molecule has 0 aliphatic rings. The Hall–Kier alpha value is -0.570. The highest BCUT2D eigenvalue weighted by atomic mass is 16.3. The number of aliphatic hydroxyl groups is 1. The average Bonchev–Trinajstić information content (AvgIpc) is 2.50. The molecule has 0 radical (unpaired) electrons. The van der Waals surface area contributed by atoms with E-state index in [2.05, 4.69) is 6.92 Å². The molecule has 0 fully saturated rings. The number of carbonyl (C=O) groups is 1. The number of hydrogen-bond acceptors (Lipinski definition) is 2. The summed E-state index contributed by atoms with van der Waals surface area (Å²) in [7, 11) is 0. The fraction of sp³-hybridized carbons (Fsp3) is 0.947. The van der Waals surface area contributed by atoms with Crippen LogP contribution in [0.5, 0.6) is 0 Å². The van der Waals surface area contributed by atoms with Gasteiger partial charge >= 0.3 is 0 Å². The van der Waals surface area contributed by atoms with Crippen molar-refractivity contribution >= 4 is 5.91 Å². The first-order valence-corrected chi connectivity index (χ1v) is 9.59. The first kappa shape index (κ1) is 21.4. The zero-order valence-corrected chi connectivity index (χ0v) is 14.8. The quantitative estimate of drug-likeness (QED) is 0.373. The van der Waals surface area contributed by atoms with Gasteiger partial charge in [0.1, 0.15) is 0 Å². The maximum atomic E-state index is 10.6. The molecule has 0 aromatic carbocycles. The van der Waals surface area contributed by atoms with E-state index in [1.807, 2.05) is 0 Å². The van der Waals surface area contributed by atoms with Gasteiger partial charge in [-0.1, -0.05) is 77.6 Å². The van der Waals surface area contributed by atoms with Crippen molar-refractivity contribution in [3.63, 3.8) is 0 Å². The average molecular weight is 314 g/mol. The third-order valence-electron chi connectivity index (χ3n) is 4.51. The highest BCUT2D eigenvalue weighted by Crippen LogP contribution is 2.18. The van der Waals surface area contributed by atoms with Crippen molar-refractivity contribution in [2.24, 2.45) is 11.7 Å². The Morgan fingerprint density at radius 2 is 1.27 bits per heavy atom. The van der Waals surface area contributed by atoms with Crippen molar-refractivity contribution < 1.29 is 9.90 Å². The number of nitrogens with two attached hydrogens (primary N) is 1. The second-order valence-corrected chi connectivity index (χ2v) is 6.73. The maximum Gasteiger partial charge on any atom is 0.217 e. The van der Waals surface area contributed by atoms with E-state index in [-0.39, 0.29) is 5.91 Å². The second kappa shape index (κ2) is 16.8. The lowest BCUT2D eigenvalue weighted by Crippen LogP contribution is -2.09. The minimum atomic E-state index is -0.173. The molecule has 22 heavy (non-hydrogen) atoms. The van der Waals surface area contributed by atoms with Gasteiger partial charge < -0.3 is 10.8 Å². The fourth-order valence-corrected chi connectivity index (χ4v) is 2.98. The lowest BCUT2D eigenvalue weighted by molar-refractivity contribution is -0.118. The van der Waals surface area contributed by atoms with E-state index >= 15 is 0 Å². The first-order valence-electron chi connectivity index (χ1n) is 9.59. The van der Waals surface area contributed by atoms with Crippen molar-refractivity contribution in [3.05, 3.63) is 0 Å². The van der Waals surface area contributed by atoms with Gasteiger partial charge in [-0.25, -0.2) is 0 Å². The molecule has 0 aliphatic carbocycles. The third kappa shape index (κ3) is 15.8. The highest BCUT2D eigenvalue weighted by Gasteiger charge is 2.06. The van der Waals surface area contributed by atoms with Gasteiger partial charge in [-0.15, -0.1) is 0 Å². The van der Waals surface area contributed by atoms with Gasteiger partial charge in [0.15, 0.2) is 0 Å². The molecular weight excluding hydrogens is 274 g/mol. The molecule has 0 aromatic heterocycles. The Bertz CT molecular complexity index is 244. The molecule has 1 atom stereocenters. The molecule has 3 heteroatoms. The molecule has 0 spiro atoms. The van der Waals surface area contributed by atoms with Gasteiger partial charge in [0.25, 0.3) is 0 Å². The van der Waals surface area contributed by atoms with E-state index in [0.717, 1.165) is 12.8 Å². The van der Waals surface area contributed by atoms with Crippen LogP contribution < -0.4 is 5.73 Å². The van der Waals surface area contributed by atoms with Gasteiger partial charge in [0.2, 0.25) is 5.91 Å². The van der Waals surface area contributed by atoms with E-state index in [4.69, 9.17) is 5.73 Å². The van der Waals surface area contributed by atoms with Crippen LogP contribution >= 0.6 is 0 Å². The van der Waals surface area contributed by atoms with Crippen LogP contribution in [0.2, 0.25) is 0 Å². The summed E-state index contributed by atoms with van der Waals surface area (Å²) >= 11 is 0. The van der Waals surface area contributed by atoms with Crippen LogP contribution in [0.1, 0.15) is 103 Å². The van der Waals surface area contributed by atoms with Crippen molar-refractivity contribution in [1.29, 1.82) is 0 Å². The highest BCUT2D eigenvalue weighted by molar-refractivity contribution is 5.73. The van der Waals surface area contributed by atoms with E-state index in [1.54, 1.807) is 0 Å². The van der Waals surface area contributed by atoms with Crippen molar-refractivity contribution in [2.45, 2.75) is 103 Å². The zero-order chi connectivity index (χ0) is 16.5. The third-order valence-corrected chi connectivity index (χ3v) is 4.51. The summed E-state index contributed by atoms with van der Waals surface area (Å²) in [5.41, 5.74) is 5.11. The van der Waals surface area contributed by atoms with Crippen LogP contribution in [0.15, 0.2) is 0 Å². The number of rotatable bonds is 17. The number of aliphatic hydroxyl groups excluding tert-OH is 1. The van der Waals surface area contributed by atoms with Gasteiger partial charge in [0.05, 0.1) is 0 Å². The molecule has 0 aliphatic heterocycles. The van der Waals surface area contributed by atoms with E-state index in [9.17, 15) is 9.90 Å². The summed E-state index contributed by atoms with van der Waals surface area (Å²) in [6, 6.07) is 0.